The van der Waals surface area contributed by atoms with Gasteiger partial charge in [0.2, 0.25) is 0 Å². The Morgan fingerprint density at radius 2 is 0.812 bits per heavy atom. The molecule has 2 nitrogen and oxygen atoms in total. The highest BCUT2D eigenvalue weighted by atomic mass is 14.9. The average Bonchev–Trinajstić information content (AvgIpc) is 2.82. The van der Waals surface area contributed by atoms with E-state index in [0.29, 0.717) is 12.1 Å². The van der Waals surface area contributed by atoms with E-state index in [1.165, 1.54) is 44.8 Å². The summed E-state index contributed by atoms with van der Waals surface area (Å²) in [5.74, 6) is 0. The lowest BCUT2D eigenvalue weighted by Crippen LogP contribution is -2.17. The van der Waals surface area contributed by atoms with Crippen molar-refractivity contribution >= 4 is 11.4 Å². The van der Waals surface area contributed by atoms with Gasteiger partial charge in [-0.1, -0.05) is 65.8 Å². The lowest BCUT2D eigenvalue weighted by atomic mass is 9.93. The lowest BCUT2D eigenvalue weighted by molar-refractivity contribution is 0.759. The van der Waals surface area contributed by atoms with Crippen molar-refractivity contribution in [1.29, 1.82) is 0 Å². The number of hydrogen-bond acceptors (Lipinski definition) is 2. The first-order valence-electron chi connectivity index (χ1n) is 13.2. The Balaban J connectivity index is 2.29. The summed E-state index contributed by atoms with van der Waals surface area (Å²) in [6, 6.07) is 10.8. The van der Waals surface area contributed by atoms with E-state index in [0.717, 1.165) is 51.4 Å². The van der Waals surface area contributed by atoms with Gasteiger partial charge in [0.15, 0.2) is 0 Å². The third-order valence-electron chi connectivity index (χ3n) is 6.96. The maximum absolute atomic E-state index is 3.78. The van der Waals surface area contributed by atoms with Crippen LogP contribution in [0.5, 0.6) is 0 Å². The number of rotatable bonds is 13. The first-order chi connectivity index (χ1) is 15.4. The van der Waals surface area contributed by atoms with E-state index in [4.69, 9.17) is 0 Å². The number of nitrogens with one attached hydrogen (secondary N) is 2. The van der Waals surface area contributed by atoms with Crippen LogP contribution in [-0.4, -0.2) is 12.1 Å². The maximum Gasteiger partial charge on any atom is 0.0407 e. The van der Waals surface area contributed by atoms with Crippen LogP contribution in [0.2, 0.25) is 0 Å². The van der Waals surface area contributed by atoms with E-state index in [1.807, 2.05) is 0 Å². The Labute approximate surface area is 198 Å². The number of benzene rings is 2. The second kappa shape index (κ2) is 12.9. The molecule has 0 aliphatic carbocycles. The molecule has 2 heteroatoms. The molecule has 0 aliphatic rings. The van der Waals surface area contributed by atoms with Gasteiger partial charge >= 0.3 is 0 Å². The predicted octanol–water partition coefficient (Wildman–Crippen LogP) is 8.14. The van der Waals surface area contributed by atoms with E-state index in [9.17, 15) is 0 Å². The van der Waals surface area contributed by atoms with Crippen molar-refractivity contribution < 1.29 is 0 Å². The largest absolute Gasteiger partial charge is 0.382 e. The smallest absolute Gasteiger partial charge is 0.0407 e. The lowest BCUT2D eigenvalue weighted by Gasteiger charge is -2.22. The van der Waals surface area contributed by atoms with Gasteiger partial charge in [-0.25, -0.2) is 0 Å². The van der Waals surface area contributed by atoms with Crippen LogP contribution in [0.1, 0.15) is 102 Å². The zero-order valence-electron chi connectivity index (χ0n) is 22.1. The summed E-state index contributed by atoms with van der Waals surface area (Å²) < 4.78 is 0. The third-order valence-corrected chi connectivity index (χ3v) is 6.96. The molecule has 0 radical (unpaired) electrons. The average molecular weight is 437 g/mol. The van der Waals surface area contributed by atoms with Crippen LogP contribution in [0.3, 0.4) is 0 Å². The molecule has 2 aromatic carbocycles. The van der Waals surface area contributed by atoms with Gasteiger partial charge in [-0.15, -0.1) is 0 Å². The van der Waals surface area contributed by atoms with Crippen molar-refractivity contribution in [3.63, 3.8) is 0 Å². The molecule has 0 spiro atoms. The van der Waals surface area contributed by atoms with Crippen LogP contribution in [0.4, 0.5) is 11.4 Å². The van der Waals surface area contributed by atoms with Crippen LogP contribution in [0.25, 0.3) is 0 Å². The molecule has 0 aliphatic heterocycles. The molecule has 0 aromatic heterocycles. The Kier molecular flexibility index (Phi) is 10.6. The molecule has 2 rings (SSSR count). The fourth-order valence-corrected chi connectivity index (χ4v) is 4.44. The fourth-order valence-electron chi connectivity index (χ4n) is 4.44. The number of hydrogen-bond donors (Lipinski definition) is 2. The first-order valence-corrected chi connectivity index (χ1v) is 13.2. The molecule has 2 atom stereocenters. The van der Waals surface area contributed by atoms with Gasteiger partial charge < -0.3 is 10.6 Å². The van der Waals surface area contributed by atoms with E-state index < -0.39 is 0 Å². The van der Waals surface area contributed by atoms with Crippen LogP contribution in [0.15, 0.2) is 24.3 Å². The normalized spacial score (nSPS) is 13.1. The second-order valence-corrected chi connectivity index (χ2v) is 9.40. The summed E-state index contributed by atoms with van der Waals surface area (Å²) in [7, 11) is 0. The van der Waals surface area contributed by atoms with Crippen molar-refractivity contribution in [2.45, 2.75) is 119 Å². The third kappa shape index (κ3) is 6.77. The summed E-state index contributed by atoms with van der Waals surface area (Å²) >= 11 is 0. The van der Waals surface area contributed by atoms with Crippen LogP contribution in [0, 0.1) is 0 Å². The summed E-state index contributed by atoms with van der Waals surface area (Å²) in [4.78, 5) is 0. The van der Waals surface area contributed by atoms with E-state index in [-0.39, 0.29) is 0 Å². The van der Waals surface area contributed by atoms with E-state index in [2.05, 4.69) is 90.3 Å². The molecular weight excluding hydrogens is 388 g/mol. The van der Waals surface area contributed by atoms with Gasteiger partial charge in [0.1, 0.15) is 0 Å². The molecule has 0 fully saturated rings. The molecule has 0 saturated carbocycles. The minimum absolute atomic E-state index is 0.513. The minimum Gasteiger partial charge on any atom is -0.382 e. The van der Waals surface area contributed by atoms with E-state index >= 15 is 0 Å². The summed E-state index contributed by atoms with van der Waals surface area (Å²) in [6.45, 7) is 18.2. The SMILES string of the molecule is CCc1cc(CCc2cc(CC)c(NC(C)CC)c(CC)c2)cc(CC)c1NC(C)CC. The topological polar surface area (TPSA) is 24.1 Å². The van der Waals surface area contributed by atoms with Crippen LogP contribution >= 0.6 is 0 Å². The highest BCUT2D eigenvalue weighted by Crippen LogP contribution is 2.29. The summed E-state index contributed by atoms with van der Waals surface area (Å²) in [6.07, 6.45) is 8.82. The first kappa shape index (κ1) is 26.3. The Bertz CT molecular complexity index is 730. The van der Waals surface area contributed by atoms with Gasteiger partial charge in [0, 0.05) is 23.5 Å². The highest BCUT2D eigenvalue weighted by molar-refractivity contribution is 5.61. The quantitative estimate of drug-likeness (QED) is 0.331. The van der Waals surface area contributed by atoms with Crippen molar-refractivity contribution in [1.82, 2.24) is 0 Å². The molecule has 0 heterocycles. The van der Waals surface area contributed by atoms with Gasteiger partial charge in [-0.05, 0) is 98.6 Å². The van der Waals surface area contributed by atoms with Crippen molar-refractivity contribution in [3.05, 3.63) is 57.6 Å². The zero-order chi connectivity index (χ0) is 23.7. The van der Waals surface area contributed by atoms with Gasteiger partial charge in [0.05, 0.1) is 0 Å². The second-order valence-electron chi connectivity index (χ2n) is 9.40. The standard InChI is InChI=1S/C30H48N2/c1-9-21(7)31-29-25(11-3)17-23(18-26(29)12-4)15-16-24-19-27(13-5)30(28(14-6)20-24)32-22(8)10-2/h17-22,31-32H,9-16H2,1-8H3. The molecule has 2 unspecified atom stereocenters. The molecule has 178 valence electrons. The van der Waals surface area contributed by atoms with Crippen LogP contribution in [-0.2, 0) is 38.5 Å². The Morgan fingerprint density at radius 1 is 0.531 bits per heavy atom. The van der Waals surface area contributed by atoms with Gasteiger partial charge in [-0.2, -0.15) is 0 Å². The van der Waals surface area contributed by atoms with Crippen molar-refractivity contribution in [3.8, 4) is 0 Å². The van der Waals surface area contributed by atoms with Gasteiger partial charge in [0.25, 0.3) is 0 Å². The molecule has 2 N–H and O–H groups in total. The summed E-state index contributed by atoms with van der Waals surface area (Å²) in [5, 5.41) is 7.56. The monoisotopic (exact) mass is 436 g/mol. The number of aryl methyl sites for hydroxylation is 6. The van der Waals surface area contributed by atoms with Crippen LogP contribution < -0.4 is 10.6 Å². The molecule has 2 aromatic rings. The van der Waals surface area contributed by atoms with Crippen molar-refractivity contribution in [2.75, 3.05) is 10.6 Å². The highest BCUT2D eigenvalue weighted by Gasteiger charge is 2.13. The molecule has 0 bridgehead atoms. The Hall–Kier alpha value is -1.96. The maximum atomic E-state index is 3.78. The molecule has 32 heavy (non-hydrogen) atoms. The predicted molar refractivity (Wildman–Crippen MR) is 145 cm³/mol. The fraction of sp³-hybridized carbons (Fsp3) is 0.600. The molecule has 0 saturated heterocycles. The molecule has 0 amide bonds. The minimum atomic E-state index is 0.513. The summed E-state index contributed by atoms with van der Waals surface area (Å²) in [5.41, 5.74) is 11.6. The molecular formula is C30H48N2. The zero-order valence-corrected chi connectivity index (χ0v) is 22.1. The Morgan fingerprint density at radius 3 is 1.03 bits per heavy atom. The van der Waals surface area contributed by atoms with Crippen molar-refractivity contribution in [2.24, 2.45) is 0 Å². The number of anilines is 2. The van der Waals surface area contributed by atoms with Gasteiger partial charge in [-0.3, -0.25) is 0 Å². The van der Waals surface area contributed by atoms with E-state index in [1.54, 1.807) is 0 Å².